The van der Waals surface area contributed by atoms with Crippen LogP contribution in [0.5, 0.6) is 5.75 Å². The SMILES string of the molecule is CCCCCCCC(=O)c1ccc(C(=O)Oc2ccc(NC)cc2)cc1. The predicted octanol–water partition coefficient (Wildman–Crippen LogP) is 5.49. The summed E-state index contributed by atoms with van der Waals surface area (Å²) < 4.78 is 5.35. The first-order valence-corrected chi connectivity index (χ1v) is 9.27. The second-order valence-electron chi connectivity index (χ2n) is 6.33. The van der Waals surface area contributed by atoms with Gasteiger partial charge in [0.15, 0.2) is 5.78 Å². The van der Waals surface area contributed by atoms with Gasteiger partial charge >= 0.3 is 5.97 Å². The molecule has 0 unspecified atom stereocenters. The van der Waals surface area contributed by atoms with Gasteiger partial charge in [0.2, 0.25) is 0 Å². The number of esters is 1. The monoisotopic (exact) mass is 353 g/mol. The predicted molar refractivity (Wildman–Crippen MR) is 105 cm³/mol. The van der Waals surface area contributed by atoms with Gasteiger partial charge < -0.3 is 10.1 Å². The van der Waals surface area contributed by atoms with E-state index in [2.05, 4.69) is 12.2 Å². The largest absolute Gasteiger partial charge is 0.423 e. The summed E-state index contributed by atoms with van der Waals surface area (Å²) in [5.41, 5.74) is 2.03. The van der Waals surface area contributed by atoms with Gasteiger partial charge in [-0.05, 0) is 42.8 Å². The van der Waals surface area contributed by atoms with Crippen LogP contribution in [-0.4, -0.2) is 18.8 Å². The lowest BCUT2D eigenvalue weighted by Gasteiger charge is -2.06. The van der Waals surface area contributed by atoms with Crippen molar-refractivity contribution < 1.29 is 14.3 Å². The summed E-state index contributed by atoms with van der Waals surface area (Å²) in [7, 11) is 1.83. The molecule has 4 nitrogen and oxygen atoms in total. The molecular formula is C22H27NO3. The first-order chi connectivity index (χ1) is 12.6. The number of unbranched alkanes of at least 4 members (excludes halogenated alkanes) is 4. The highest BCUT2D eigenvalue weighted by molar-refractivity contribution is 5.97. The molecule has 2 aromatic rings. The van der Waals surface area contributed by atoms with E-state index in [1.54, 1.807) is 36.4 Å². The second kappa shape index (κ2) is 10.4. The van der Waals surface area contributed by atoms with Crippen molar-refractivity contribution in [3.05, 3.63) is 59.7 Å². The summed E-state index contributed by atoms with van der Waals surface area (Å²) in [5.74, 6) is 0.186. The Labute approximate surface area is 155 Å². The fraction of sp³-hybridized carbons (Fsp3) is 0.364. The molecule has 0 atom stereocenters. The van der Waals surface area contributed by atoms with Gasteiger partial charge in [0, 0.05) is 24.7 Å². The van der Waals surface area contributed by atoms with E-state index in [1.165, 1.54) is 19.3 Å². The molecule has 138 valence electrons. The van der Waals surface area contributed by atoms with Crippen LogP contribution in [0.25, 0.3) is 0 Å². The van der Waals surface area contributed by atoms with Crippen molar-refractivity contribution in [2.24, 2.45) is 0 Å². The van der Waals surface area contributed by atoms with Gasteiger partial charge in [-0.1, -0.05) is 44.7 Å². The molecule has 0 aliphatic heterocycles. The normalized spacial score (nSPS) is 10.4. The van der Waals surface area contributed by atoms with Crippen molar-refractivity contribution in [1.82, 2.24) is 0 Å². The highest BCUT2D eigenvalue weighted by Gasteiger charge is 2.11. The van der Waals surface area contributed by atoms with Gasteiger partial charge in [0.05, 0.1) is 5.56 Å². The minimum absolute atomic E-state index is 0.129. The number of ether oxygens (including phenoxy) is 1. The third kappa shape index (κ3) is 6.03. The Kier molecular flexibility index (Phi) is 7.87. The lowest BCUT2D eigenvalue weighted by molar-refractivity contribution is 0.0734. The van der Waals surface area contributed by atoms with E-state index in [-0.39, 0.29) is 5.78 Å². The van der Waals surface area contributed by atoms with Crippen molar-refractivity contribution >= 4 is 17.4 Å². The molecule has 0 aromatic heterocycles. The molecule has 0 spiro atoms. The van der Waals surface area contributed by atoms with Crippen LogP contribution in [0, 0.1) is 0 Å². The molecule has 0 amide bonds. The summed E-state index contributed by atoms with van der Waals surface area (Å²) in [6.45, 7) is 2.18. The molecule has 1 N–H and O–H groups in total. The van der Waals surface area contributed by atoms with E-state index < -0.39 is 5.97 Å². The van der Waals surface area contributed by atoms with Crippen molar-refractivity contribution in [2.75, 3.05) is 12.4 Å². The maximum absolute atomic E-state index is 12.2. The highest BCUT2D eigenvalue weighted by atomic mass is 16.5. The molecule has 2 aromatic carbocycles. The summed E-state index contributed by atoms with van der Waals surface area (Å²) in [4.78, 5) is 24.4. The van der Waals surface area contributed by atoms with E-state index in [0.29, 0.717) is 23.3 Å². The third-order valence-corrected chi connectivity index (χ3v) is 4.30. The maximum atomic E-state index is 12.2. The van der Waals surface area contributed by atoms with Crippen LogP contribution in [-0.2, 0) is 0 Å². The first-order valence-electron chi connectivity index (χ1n) is 9.27. The van der Waals surface area contributed by atoms with Gasteiger partial charge in [0.1, 0.15) is 5.75 Å². The van der Waals surface area contributed by atoms with Crippen LogP contribution in [0.4, 0.5) is 5.69 Å². The number of carbonyl (C=O) groups is 2. The van der Waals surface area contributed by atoms with Crippen molar-refractivity contribution in [3.63, 3.8) is 0 Å². The van der Waals surface area contributed by atoms with Crippen LogP contribution < -0.4 is 10.1 Å². The number of nitrogens with one attached hydrogen (secondary N) is 1. The molecule has 2 rings (SSSR count). The second-order valence-corrected chi connectivity index (χ2v) is 6.33. The van der Waals surface area contributed by atoms with Crippen LogP contribution in [0.3, 0.4) is 0 Å². The van der Waals surface area contributed by atoms with E-state index in [9.17, 15) is 9.59 Å². The smallest absolute Gasteiger partial charge is 0.343 e. The van der Waals surface area contributed by atoms with Gasteiger partial charge in [-0.25, -0.2) is 4.79 Å². The number of ketones is 1. The quantitative estimate of drug-likeness (QED) is 0.265. The number of hydrogen-bond donors (Lipinski definition) is 1. The summed E-state index contributed by atoms with van der Waals surface area (Å²) in [6.07, 6.45) is 6.19. The molecule has 26 heavy (non-hydrogen) atoms. The Morgan fingerprint density at radius 3 is 2.08 bits per heavy atom. The van der Waals surface area contributed by atoms with E-state index in [1.807, 2.05) is 19.2 Å². The summed E-state index contributed by atoms with van der Waals surface area (Å²) in [5, 5.41) is 3.01. The summed E-state index contributed by atoms with van der Waals surface area (Å²) >= 11 is 0. The fourth-order valence-electron chi connectivity index (χ4n) is 2.68. The molecule has 4 heteroatoms. The number of carbonyl (C=O) groups excluding carboxylic acids is 2. The van der Waals surface area contributed by atoms with Crippen LogP contribution >= 0.6 is 0 Å². The van der Waals surface area contributed by atoms with Crippen LogP contribution in [0.15, 0.2) is 48.5 Å². The molecule has 0 aliphatic rings. The third-order valence-electron chi connectivity index (χ3n) is 4.30. The minimum Gasteiger partial charge on any atom is -0.423 e. The molecule has 0 saturated heterocycles. The molecule has 0 aliphatic carbocycles. The molecule has 0 bridgehead atoms. The molecule has 0 radical (unpaired) electrons. The van der Waals surface area contributed by atoms with E-state index in [4.69, 9.17) is 4.74 Å². The lowest BCUT2D eigenvalue weighted by Crippen LogP contribution is -2.09. The maximum Gasteiger partial charge on any atom is 0.343 e. The number of hydrogen-bond acceptors (Lipinski definition) is 4. The topological polar surface area (TPSA) is 55.4 Å². The Balaban J connectivity index is 1.87. The van der Waals surface area contributed by atoms with Crippen molar-refractivity contribution in [1.29, 1.82) is 0 Å². The number of benzene rings is 2. The first kappa shape index (κ1) is 19.7. The fourth-order valence-corrected chi connectivity index (χ4v) is 2.68. The van der Waals surface area contributed by atoms with Crippen molar-refractivity contribution in [3.8, 4) is 5.75 Å². The van der Waals surface area contributed by atoms with E-state index >= 15 is 0 Å². The molecule has 0 fully saturated rings. The number of rotatable bonds is 10. The zero-order valence-electron chi connectivity index (χ0n) is 15.6. The van der Waals surface area contributed by atoms with Crippen LogP contribution in [0.1, 0.15) is 66.2 Å². The lowest BCUT2D eigenvalue weighted by atomic mass is 10.0. The van der Waals surface area contributed by atoms with E-state index in [0.717, 1.165) is 18.5 Å². The molecular weight excluding hydrogens is 326 g/mol. The standard InChI is InChI=1S/C22H27NO3/c1-3-4-5-6-7-8-21(24)17-9-11-18(12-10-17)22(25)26-20-15-13-19(23-2)14-16-20/h9-16,23H,3-8H2,1-2H3. The zero-order chi connectivity index (χ0) is 18.8. The Morgan fingerprint density at radius 2 is 1.46 bits per heavy atom. The minimum atomic E-state index is -0.430. The van der Waals surface area contributed by atoms with Crippen LogP contribution in [0.2, 0.25) is 0 Å². The Hall–Kier alpha value is -2.62. The summed E-state index contributed by atoms with van der Waals surface area (Å²) in [6, 6.07) is 13.9. The van der Waals surface area contributed by atoms with Gasteiger partial charge in [-0.3, -0.25) is 4.79 Å². The zero-order valence-corrected chi connectivity index (χ0v) is 15.6. The van der Waals surface area contributed by atoms with Gasteiger partial charge in [-0.2, -0.15) is 0 Å². The Bertz CT molecular complexity index is 705. The average Bonchev–Trinajstić information content (AvgIpc) is 2.68. The molecule has 0 heterocycles. The number of Topliss-reactive ketones (excluding diaryl/α,β-unsaturated/α-hetero) is 1. The van der Waals surface area contributed by atoms with Gasteiger partial charge in [-0.15, -0.1) is 0 Å². The number of anilines is 1. The Morgan fingerprint density at radius 1 is 0.846 bits per heavy atom. The average molecular weight is 353 g/mol. The molecule has 0 saturated carbocycles. The van der Waals surface area contributed by atoms with Crippen molar-refractivity contribution in [2.45, 2.75) is 45.4 Å². The highest BCUT2D eigenvalue weighted by Crippen LogP contribution is 2.17. The van der Waals surface area contributed by atoms with Gasteiger partial charge in [0.25, 0.3) is 0 Å².